The van der Waals surface area contributed by atoms with Crippen molar-refractivity contribution >= 4 is 17.2 Å². The molecule has 2 fully saturated rings. The average Bonchev–Trinajstić information content (AvgIpc) is 3.15. The highest BCUT2D eigenvalue weighted by atomic mass is 32.1. The second-order valence-corrected chi connectivity index (χ2v) is 8.46. The third-order valence-corrected chi connectivity index (χ3v) is 6.67. The molecule has 0 saturated carbocycles. The number of nitrogens with zero attached hydrogens (tertiary/aromatic N) is 3. The van der Waals surface area contributed by atoms with Gasteiger partial charge in [0, 0.05) is 44.6 Å². The van der Waals surface area contributed by atoms with Crippen LogP contribution in [0.2, 0.25) is 0 Å². The van der Waals surface area contributed by atoms with Crippen LogP contribution >= 0.6 is 11.3 Å². The van der Waals surface area contributed by atoms with Gasteiger partial charge in [0.05, 0.1) is 4.88 Å². The lowest BCUT2D eigenvalue weighted by atomic mass is 9.98. The molecule has 5 nitrogen and oxygen atoms in total. The van der Waals surface area contributed by atoms with Crippen LogP contribution in [0.4, 0.5) is 0 Å². The van der Waals surface area contributed by atoms with Crippen molar-refractivity contribution in [2.75, 3.05) is 26.2 Å². The van der Waals surface area contributed by atoms with Crippen LogP contribution in [0.1, 0.15) is 40.9 Å². The zero-order valence-corrected chi connectivity index (χ0v) is 16.7. The summed E-state index contributed by atoms with van der Waals surface area (Å²) in [5.74, 6) is 1.12. The monoisotopic (exact) mass is 385 g/mol. The Hall–Kier alpha value is -1.92. The van der Waals surface area contributed by atoms with Gasteiger partial charge in [-0.3, -0.25) is 14.7 Å². The molecule has 0 aromatic carbocycles. The maximum absolute atomic E-state index is 12.6. The van der Waals surface area contributed by atoms with E-state index in [1.807, 2.05) is 30.0 Å². The summed E-state index contributed by atoms with van der Waals surface area (Å²) in [5.41, 5.74) is 1.18. The summed E-state index contributed by atoms with van der Waals surface area (Å²) in [7, 11) is 0. The van der Waals surface area contributed by atoms with Crippen molar-refractivity contribution in [2.24, 2.45) is 0 Å². The average molecular weight is 386 g/mol. The third-order valence-electron chi connectivity index (χ3n) is 5.64. The van der Waals surface area contributed by atoms with Gasteiger partial charge in [0.25, 0.3) is 5.91 Å². The Kier molecular flexibility index (Phi) is 5.74. The Labute approximate surface area is 165 Å². The van der Waals surface area contributed by atoms with Crippen LogP contribution in [0.3, 0.4) is 0 Å². The first-order valence-electron chi connectivity index (χ1n) is 9.84. The Morgan fingerprint density at radius 2 is 1.81 bits per heavy atom. The van der Waals surface area contributed by atoms with Crippen LogP contribution in [0.5, 0.6) is 5.75 Å². The Morgan fingerprint density at radius 3 is 2.44 bits per heavy atom. The van der Waals surface area contributed by atoms with Gasteiger partial charge in [-0.15, -0.1) is 11.3 Å². The fraction of sp³-hybridized carbons (Fsp3) is 0.524. The third kappa shape index (κ3) is 4.50. The number of hydrogen-bond acceptors (Lipinski definition) is 5. The lowest BCUT2D eigenvalue weighted by molar-refractivity contribution is 0.0427. The number of carbonyl (C=O) groups excluding carboxylic acids is 1. The molecule has 2 saturated heterocycles. The summed E-state index contributed by atoms with van der Waals surface area (Å²) in [6, 6.07) is 6.45. The Balaban J connectivity index is 1.23. The second-order valence-electron chi connectivity index (χ2n) is 7.55. The molecule has 0 unspecified atom stereocenters. The number of pyridine rings is 1. The van der Waals surface area contributed by atoms with Crippen LogP contribution in [-0.4, -0.2) is 59.0 Å². The highest BCUT2D eigenvalue weighted by Gasteiger charge is 2.30. The number of ether oxygens (including phenoxy) is 1. The molecular weight excluding hydrogens is 358 g/mol. The van der Waals surface area contributed by atoms with E-state index in [9.17, 15) is 4.79 Å². The first kappa shape index (κ1) is 18.4. The summed E-state index contributed by atoms with van der Waals surface area (Å²) >= 11 is 1.56. The van der Waals surface area contributed by atoms with E-state index in [-0.39, 0.29) is 5.91 Å². The van der Waals surface area contributed by atoms with E-state index in [1.54, 1.807) is 23.7 Å². The predicted molar refractivity (Wildman–Crippen MR) is 107 cm³/mol. The quantitative estimate of drug-likeness (QED) is 0.807. The molecule has 1 amide bonds. The topological polar surface area (TPSA) is 45.7 Å². The van der Waals surface area contributed by atoms with E-state index < -0.39 is 0 Å². The highest BCUT2D eigenvalue weighted by molar-refractivity contribution is 7.12. The van der Waals surface area contributed by atoms with Crippen LogP contribution in [0.15, 0.2) is 36.0 Å². The number of piperidine rings is 2. The molecule has 6 heteroatoms. The van der Waals surface area contributed by atoms with Crippen molar-refractivity contribution in [1.29, 1.82) is 0 Å². The van der Waals surface area contributed by atoms with Crippen molar-refractivity contribution in [3.05, 3.63) is 46.4 Å². The van der Waals surface area contributed by atoms with Crippen molar-refractivity contribution in [3.63, 3.8) is 0 Å². The van der Waals surface area contributed by atoms with Gasteiger partial charge >= 0.3 is 0 Å². The molecule has 0 aliphatic carbocycles. The minimum absolute atomic E-state index is 0.205. The maximum atomic E-state index is 12.6. The lowest BCUT2D eigenvalue weighted by Crippen LogP contribution is -2.50. The standard InChI is InChI=1S/C21H27N3O2S/c1-16-14-20(27-15-16)21(25)24-10-4-17(5-11-24)23-12-6-19(7-13-23)26-18-2-8-22-9-3-18/h2-3,8-9,14-15,17,19H,4-7,10-13H2,1H3. The summed E-state index contributed by atoms with van der Waals surface area (Å²) in [6.07, 6.45) is 8.13. The van der Waals surface area contributed by atoms with E-state index >= 15 is 0 Å². The number of rotatable bonds is 4. The van der Waals surface area contributed by atoms with Crippen LogP contribution < -0.4 is 4.74 Å². The minimum atomic E-state index is 0.205. The molecule has 0 radical (unpaired) electrons. The number of aryl methyl sites for hydroxylation is 1. The van der Waals surface area contributed by atoms with Gasteiger partial charge in [-0.2, -0.15) is 0 Å². The summed E-state index contributed by atoms with van der Waals surface area (Å²) < 4.78 is 6.07. The lowest BCUT2D eigenvalue weighted by Gasteiger charge is -2.41. The molecule has 0 atom stereocenters. The molecule has 2 aliphatic heterocycles. The number of likely N-dealkylation sites (tertiary alicyclic amines) is 2. The molecular formula is C21H27N3O2S. The normalized spacial score (nSPS) is 20.0. The number of carbonyl (C=O) groups is 1. The van der Waals surface area contributed by atoms with E-state index in [0.29, 0.717) is 12.1 Å². The van der Waals surface area contributed by atoms with Gasteiger partial charge < -0.3 is 9.64 Å². The summed E-state index contributed by atoms with van der Waals surface area (Å²) in [6.45, 7) is 5.94. The second kappa shape index (κ2) is 8.40. The molecule has 144 valence electrons. The van der Waals surface area contributed by atoms with Crippen LogP contribution in [0, 0.1) is 6.92 Å². The summed E-state index contributed by atoms with van der Waals surface area (Å²) in [5, 5.41) is 2.05. The molecule has 0 bridgehead atoms. The minimum Gasteiger partial charge on any atom is -0.490 e. The van der Waals surface area contributed by atoms with Crippen molar-refractivity contribution in [2.45, 2.75) is 44.8 Å². The number of aromatic nitrogens is 1. The van der Waals surface area contributed by atoms with E-state index in [0.717, 1.165) is 62.5 Å². The van der Waals surface area contributed by atoms with Gasteiger partial charge in [0.1, 0.15) is 11.9 Å². The number of thiophene rings is 1. The van der Waals surface area contributed by atoms with Crippen molar-refractivity contribution in [3.8, 4) is 5.75 Å². The Bertz CT molecular complexity index is 748. The molecule has 27 heavy (non-hydrogen) atoms. The van der Waals surface area contributed by atoms with Crippen LogP contribution in [0.25, 0.3) is 0 Å². The summed E-state index contributed by atoms with van der Waals surface area (Å²) in [4.78, 5) is 22.2. The molecule has 2 aromatic rings. The first-order chi connectivity index (χ1) is 13.2. The van der Waals surface area contributed by atoms with Gasteiger partial charge in [0.15, 0.2) is 0 Å². The van der Waals surface area contributed by atoms with E-state index in [4.69, 9.17) is 4.74 Å². The zero-order valence-electron chi connectivity index (χ0n) is 15.8. The number of hydrogen-bond donors (Lipinski definition) is 0. The molecule has 0 spiro atoms. The predicted octanol–water partition coefficient (Wildman–Crippen LogP) is 3.60. The largest absolute Gasteiger partial charge is 0.490 e. The first-order valence-corrected chi connectivity index (χ1v) is 10.7. The van der Waals surface area contributed by atoms with Gasteiger partial charge in [-0.1, -0.05) is 0 Å². The van der Waals surface area contributed by atoms with Gasteiger partial charge in [0.2, 0.25) is 0 Å². The van der Waals surface area contributed by atoms with Crippen molar-refractivity contribution < 1.29 is 9.53 Å². The van der Waals surface area contributed by atoms with Crippen molar-refractivity contribution in [1.82, 2.24) is 14.8 Å². The molecule has 4 rings (SSSR count). The fourth-order valence-corrected chi connectivity index (χ4v) is 4.97. The molecule has 2 aromatic heterocycles. The molecule has 4 heterocycles. The Morgan fingerprint density at radius 1 is 1.11 bits per heavy atom. The maximum Gasteiger partial charge on any atom is 0.263 e. The fourth-order valence-electron chi connectivity index (χ4n) is 4.10. The zero-order chi connectivity index (χ0) is 18.6. The van der Waals surface area contributed by atoms with E-state index in [2.05, 4.69) is 15.3 Å². The number of amides is 1. The molecule has 0 N–H and O–H groups in total. The van der Waals surface area contributed by atoms with Crippen LogP contribution in [-0.2, 0) is 0 Å². The molecule has 2 aliphatic rings. The van der Waals surface area contributed by atoms with E-state index in [1.165, 1.54) is 5.56 Å². The SMILES string of the molecule is Cc1csc(C(=O)N2CCC(N3CCC(Oc4ccncc4)CC3)CC2)c1. The smallest absolute Gasteiger partial charge is 0.263 e. The van der Waals surface area contributed by atoms with Gasteiger partial charge in [-0.25, -0.2) is 0 Å². The highest BCUT2D eigenvalue weighted by Crippen LogP contribution is 2.25. The van der Waals surface area contributed by atoms with Gasteiger partial charge in [-0.05, 0) is 61.7 Å².